The molecular weight excluding hydrogens is 386 g/mol. The van der Waals surface area contributed by atoms with E-state index in [0.717, 1.165) is 36.9 Å². The highest BCUT2D eigenvalue weighted by atomic mass is 32.1. The van der Waals surface area contributed by atoms with Gasteiger partial charge in [-0.25, -0.2) is 9.36 Å². The molecule has 1 amide bonds. The van der Waals surface area contributed by atoms with Gasteiger partial charge in [0, 0.05) is 12.6 Å². The Kier molecular flexibility index (Phi) is 5.17. The summed E-state index contributed by atoms with van der Waals surface area (Å²) in [6.45, 7) is 6.58. The zero-order valence-corrected chi connectivity index (χ0v) is 17.8. The molecule has 1 aliphatic rings. The van der Waals surface area contributed by atoms with Crippen molar-refractivity contribution in [1.82, 2.24) is 14.0 Å². The summed E-state index contributed by atoms with van der Waals surface area (Å²) in [7, 11) is 0. The molecule has 3 aromatic rings. The van der Waals surface area contributed by atoms with Crippen molar-refractivity contribution in [1.29, 1.82) is 0 Å². The molecule has 0 radical (unpaired) electrons. The second kappa shape index (κ2) is 7.63. The number of amides is 1. The third-order valence-electron chi connectivity index (χ3n) is 5.76. The van der Waals surface area contributed by atoms with Gasteiger partial charge in [0.05, 0.1) is 11.2 Å². The first-order chi connectivity index (χ1) is 13.9. The number of rotatable bonds is 3. The number of aromatic nitrogens is 2. The van der Waals surface area contributed by atoms with Crippen LogP contribution in [0.25, 0.3) is 15.9 Å². The molecule has 152 valence electrons. The number of carbonyl (C=O) groups is 1. The number of nitrogens with zero attached hydrogens (tertiary/aromatic N) is 3. The molecule has 1 aliphatic heterocycles. The van der Waals surface area contributed by atoms with E-state index in [9.17, 15) is 14.4 Å². The van der Waals surface area contributed by atoms with Gasteiger partial charge in [-0.3, -0.25) is 14.2 Å². The molecule has 0 N–H and O–H groups in total. The summed E-state index contributed by atoms with van der Waals surface area (Å²) >= 11 is 1.30. The van der Waals surface area contributed by atoms with E-state index in [4.69, 9.17) is 0 Å². The van der Waals surface area contributed by atoms with Crippen LogP contribution in [0.1, 0.15) is 37.3 Å². The molecule has 0 spiro atoms. The van der Waals surface area contributed by atoms with Crippen LogP contribution < -0.4 is 11.2 Å². The van der Waals surface area contributed by atoms with Gasteiger partial charge in [-0.1, -0.05) is 17.7 Å². The maximum absolute atomic E-state index is 13.4. The fraction of sp³-hybridized carbons (Fsp3) is 0.409. The highest BCUT2D eigenvalue weighted by molar-refractivity contribution is 7.17. The number of hydrogen-bond acceptors (Lipinski definition) is 4. The fourth-order valence-corrected chi connectivity index (χ4v) is 5.03. The Morgan fingerprint density at radius 2 is 1.97 bits per heavy atom. The molecule has 0 aliphatic carbocycles. The van der Waals surface area contributed by atoms with Gasteiger partial charge in [0.1, 0.15) is 11.2 Å². The van der Waals surface area contributed by atoms with Gasteiger partial charge in [-0.05, 0) is 63.1 Å². The zero-order chi connectivity index (χ0) is 20.7. The largest absolute Gasteiger partial charge is 0.338 e. The SMILES string of the molecule is Cc1ccc(-n2c(=O)c3sccc3n(CC(=O)N3CCCC[C@H]3C)c2=O)c(C)c1. The first-order valence-electron chi connectivity index (χ1n) is 9.98. The summed E-state index contributed by atoms with van der Waals surface area (Å²) in [4.78, 5) is 41.4. The molecular formula is C22H25N3O3S. The molecule has 1 aromatic carbocycles. The third kappa shape index (κ3) is 3.44. The van der Waals surface area contributed by atoms with Crippen molar-refractivity contribution in [2.45, 2.75) is 52.6 Å². The molecule has 0 saturated carbocycles. The quantitative estimate of drug-likeness (QED) is 0.665. The molecule has 2 aromatic heterocycles. The number of carbonyl (C=O) groups excluding carboxylic acids is 1. The lowest BCUT2D eigenvalue weighted by Gasteiger charge is -2.33. The van der Waals surface area contributed by atoms with E-state index < -0.39 is 5.69 Å². The number of thiophene rings is 1. The maximum Gasteiger partial charge on any atom is 0.336 e. The van der Waals surface area contributed by atoms with Crippen LogP contribution in [-0.2, 0) is 11.3 Å². The van der Waals surface area contributed by atoms with Crippen LogP contribution in [0.15, 0.2) is 39.2 Å². The maximum atomic E-state index is 13.4. The van der Waals surface area contributed by atoms with Gasteiger partial charge >= 0.3 is 5.69 Å². The first-order valence-corrected chi connectivity index (χ1v) is 10.9. The number of benzene rings is 1. The van der Waals surface area contributed by atoms with Gasteiger partial charge < -0.3 is 4.90 Å². The predicted molar refractivity (Wildman–Crippen MR) is 116 cm³/mol. The second-order valence-corrected chi connectivity index (χ2v) is 8.78. The van der Waals surface area contributed by atoms with E-state index in [-0.39, 0.29) is 24.1 Å². The van der Waals surface area contributed by atoms with Crippen LogP contribution in [0.4, 0.5) is 0 Å². The summed E-state index contributed by atoms with van der Waals surface area (Å²) in [5, 5.41) is 1.79. The second-order valence-electron chi connectivity index (χ2n) is 7.87. The van der Waals surface area contributed by atoms with E-state index in [1.165, 1.54) is 20.5 Å². The molecule has 0 bridgehead atoms. The average molecular weight is 412 g/mol. The summed E-state index contributed by atoms with van der Waals surface area (Å²) in [6, 6.07) is 7.56. The lowest BCUT2D eigenvalue weighted by molar-refractivity contribution is -0.135. The molecule has 29 heavy (non-hydrogen) atoms. The number of fused-ring (bicyclic) bond motifs is 1. The minimum atomic E-state index is -0.467. The molecule has 6 nitrogen and oxygen atoms in total. The topological polar surface area (TPSA) is 64.3 Å². The highest BCUT2D eigenvalue weighted by Crippen LogP contribution is 2.20. The van der Waals surface area contributed by atoms with Crippen LogP contribution in [0.2, 0.25) is 0 Å². The van der Waals surface area contributed by atoms with Gasteiger partial charge in [-0.2, -0.15) is 0 Å². The van der Waals surface area contributed by atoms with Gasteiger partial charge in [-0.15, -0.1) is 11.3 Å². The van der Waals surface area contributed by atoms with Crippen LogP contribution in [0.3, 0.4) is 0 Å². The Morgan fingerprint density at radius 3 is 2.69 bits per heavy atom. The van der Waals surface area contributed by atoms with Crippen molar-refractivity contribution in [3.63, 3.8) is 0 Å². The highest BCUT2D eigenvalue weighted by Gasteiger charge is 2.25. The zero-order valence-electron chi connectivity index (χ0n) is 17.0. The summed E-state index contributed by atoms with van der Waals surface area (Å²) in [5.41, 5.74) is 2.21. The van der Waals surface area contributed by atoms with E-state index in [1.54, 1.807) is 17.5 Å². The number of aryl methyl sites for hydroxylation is 2. The lowest BCUT2D eigenvalue weighted by Crippen LogP contribution is -2.46. The van der Waals surface area contributed by atoms with Crippen LogP contribution >= 0.6 is 11.3 Å². The normalized spacial score (nSPS) is 17.1. The summed E-state index contributed by atoms with van der Waals surface area (Å²) in [5.74, 6) is -0.0716. The van der Waals surface area contributed by atoms with Crippen molar-refractivity contribution < 1.29 is 4.79 Å². The van der Waals surface area contributed by atoms with Gasteiger partial charge in [0.15, 0.2) is 0 Å². The van der Waals surface area contributed by atoms with Crippen LogP contribution in [0, 0.1) is 13.8 Å². The molecule has 7 heteroatoms. The third-order valence-corrected chi connectivity index (χ3v) is 6.66. The van der Waals surface area contributed by atoms with Crippen molar-refractivity contribution in [3.05, 3.63) is 61.6 Å². The van der Waals surface area contributed by atoms with Crippen molar-refractivity contribution in [2.24, 2.45) is 0 Å². The Balaban J connectivity index is 1.86. The molecule has 4 rings (SSSR count). The van der Waals surface area contributed by atoms with E-state index >= 15 is 0 Å². The summed E-state index contributed by atoms with van der Waals surface area (Å²) in [6.07, 6.45) is 3.09. The van der Waals surface area contributed by atoms with Crippen LogP contribution in [0.5, 0.6) is 0 Å². The number of piperidine rings is 1. The minimum absolute atomic E-state index is 0.0540. The molecule has 1 fully saturated rings. The summed E-state index contributed by atoms with van der Waals surface area (Å²) < 4.78 is 3.15. The van der Waals surface area contributed by atoms with E-state index in [1.807, 2.05) is 30.9 Å². The predicted octanol–water partition coefficient (Wildman–Crippen LogP) is 3.23. The van der Waals surface area contributed by atoms with Crippen LogP contribution in [-0.4, -0.2) is 32.5 Å². The molecule has 0 unspecified atom stereocenters. The van der Waals surface area contributed by atoms with Crippen molar-refractivity contribution in [3.8, 4) is 5.69 Å². The average Bonchev–Trinajstić information content (AvgIpc) is 3.17. The Labute approximate surface area is 173 Å². The van der Waals surface area contributed by atoms with Crippen molar-refractivity contribution in [2.75, 3.05) is 6.54 Å². The van der Waals surface area contributed by atoms with Gasteiger partial charge in [0.25, 0.3) is 5.56 Å². The standard InChI is InChI=1S/C22H25N3O3S/c1-14-7-8-17(15(2)12-14)25-21(27)20-18(9-11-29-20)24(22(25)28)13-19(26)23-10-5-4-6-16(23)3/h7-9,11-12,16H,4-6,10,13H2,1-3H3/t16-/m1/s1. The number of hydrogen-bond donors (Lipinski definition) is 0. The Morgan fingerprint density at radius 1 is 1.17 bits per heavy atom. The van der Waals surface area contributed by atoms with Gasteiger partial charge in [0.2, 0.25) is 5.91 Å². The number of likely N-dealkylation sites (tertiary alicyclic amines) is 1. The molecule has 1 atom stereocenters. The van der Waals surface area contributed by atoms with E-state index in [0.29, 0.717) is 15.9 Å². The minimum Gasteiger partial charge on any atom is -0.338 e. The van der Waals surface area contributed by atoms with E-state index in [2.05, 4.69) is 6.92 Å². The fourth-order valence-electron chi connectivity index (χ4n) is 4.20. The lowest BCUT2D eigenvalue weighted by atomic mass is 10.0. The smallest absolute Gasteiger partial charge is 0.336 e. The Hall–Kier alpha value is -2.67. The first kappa shape index (κ1) is 19.6. The monoisotopic (exact) mass is 411 g/mol. The molecule has 1 saturated heterocycles. The molecule has 3 heterocycles. The van der Waals surface area contributed by atoms with Crippen molar-refractivity contribution >= 4 is 27.5 Å². The Bertz CT molecular complexity index is 1200.